The average molecular weight is 458 g/mol. The number of hydrogen-bond donors (Lipinski definition) is 1. The summed E-state index contributed by atoms with van der Waals surface area (Å²) in [7, 11) is 0.319. The number of rotatable bonds is 10. The summed E-state index contributed by atoms with van der Waals surface area (Å²) in [5, 5.41) is 11.8. The van der Waals surface area contributed by atoms with Gasteiger partial charge >= 0.3 is 0 Å². The molecule has 0 fully saturated rings. The van der Waals surface area contributed by atoms with E-state index in [0.717, 1.165) is 28.8 Å². The van der Waals surface area contributed by atoms with Gasteiger partial charge in [0.15, 0.2) is 18.0 Å². The minimum atomic E-state index is -0.609. The molecule has 7 heteroatoms. The molecule has 5 nitrogen and oxygen atoms in total. The lowest BCUT2D eigenvalue weighted by molar-refractivity contribution is -0.0786. The zero-order valence-corrected chi connectivity index (χ0v) is 20.6. The fourth-order valence-corrected chi connectivity index (χ4v) is 4.33. The fourth-order valence-electron chi connectivity index (χ4n) is 2.75. The lowest BCUT2D eigenvalue weighted by Crippen LogP contribution is -2.32. The largest absolute Gasteiger partial charge is 0.414 e. The Bertz CT molecular complexity index is 969. The van der Waals surface area contributed by atoms with Crippen molar-refractivity contribution in [3.63, 3.8) is 0 Å². The van der Waals surface area contributed by atoms with Gasteiger partial charge in [-0.05, 0) is 34.7 Å². The SMILES string of the molecule is CC(C)(C)C(C)(C)[Si]OCC(O)Cc1cc2ccccc2n1SOOc1ccccc1. The van der Waals surface area contributed by atoms with Crippen molar-refractivity contribution in [3.8, 4) is 5.75 Å². The van der Waals surface area contributed by atoms with Crippen molar-refractivity contribution >= 4 is 32.9 Å². The maximum Gasteiger partial charge on any atom is 0.236 e. The van der Waals surface area contributed by atoms with Gasteiger partial charge in [0.1, 0.15) is 0 Å². The van der Waals surface area contributed by atoms with Crippen LogP contribution in [-0.4, -0.2) is 31.6 Å². The molecule has 3 aromatic rings. The van der Waals surface area contributed by atoms with Crippen LogP contribution in [0.3, 0.4) is 0 Å². The van der Waals surface area contributed by atoms with Crippen LogP contribution in [0.15, 0.2) is 60.7 Å². The second kappa shape index (κ2) is 10.2. The molecule has 1 unspecified atom stereocenters. The third kappa shape index (κ3) is 6.37. The second-order valence-corrected chi connectivity index (χ2v) is 11.6. The summed E-state index contributed by atoms with van der Waals surface area (Å²) in [6, 6.07) is 19.5. The monoisotopic (exact) mass is 457 g/mol. The molecule has 0 spiro atoms. The first-order chi connectivity index (χ1) is 14.7. The highest BCUT2D eigenvalue weighted by Crippen LogP contribution is 2.43. The maximum absolute atomic E-state index is 10.6. The van der Waals surface area contributed by atoms with E-state index >= 15 is 0 Å². The van der Waals surface area contributed by atoms with Gasteiger partial charge in [0.05, 0.1) is 18.2 Å². The van der Waals surface area contributed by atoms with Gasteiger partial charge in [-0.25, -0.2) is 0 Å². The van der Waals surface area contributed by atoms with Gasteiger partial charge in [0.2, 0.25) is 9.76 Å². The molecule has 166 valence electrons. The van der Waals surface area contributed by atoms with Crippen LogP contribution in [0.1, 0.15) is 40.3 Å². The Morgan fingerprint density at radius 2 is 1.68 bits per heavy atom. The molecule has 0 aliphatic carbocycles. The number of para-hydroxylation sites is 2. The minimum absolute atomic E-state index is 0.0418. The maximum atomic E-state index is 10.6. The summed E-state index contributed by atoms with van der Waals surface area (Å²) in [5.41, 5.74) is 2.08. The molecule has 1 heterocycles. The molecule has 1 atom stereocenters. The number of hydrogen-bond acceptors (Lipinski definition) is 5. The zero-order valence-electron chi connectivity index (χ0n) is 18.8. The smallest absolute Gasteiger partial charge is 0.236 e. The molecule has 2 radical (unpaired) electrons. The molecule has 0 amide bonds. The van der Waals surface area contributed by atoms with Crippen molar-refractivity contribution in [3.05, 3.63) is 66.4 Å². The molecule has 0 aliphatic rings. The van der Waals surface area contributed by atoms with Crippen molar-refractivity contribution in [2.24, 2.45) is 5.41 Å². The third-order valence-corrected chi connectivity index (χ3v) is 7.92. The number of nitrogens with zero attached hydrogens (tertiary/aromatic N) is 1. The number of aliphatic hydroxyl groups is 1. The molecule has 2 aromatic carbocycles. The van der Waals surface area contributed by atoms with E-state index in [4.69, 9.17) is 13.6 Å². The number of aromatic nitrogens is 1. The van der Waals surface area contributed by atoms with E-state index in [0.29, 0.717) is 28.5 Å². The molecule has 1 aromatic heterocycles. The number of fused-ring (bicyclic) bond motifs is 1. The van der Waals surface area contributed by atoms with Crippen molar-refractivity contribution in [2.45, 2.75) is 52.2 Å². The van der Waals surface area contributed by atoms with E-state index in [9.17, 15) is 5.11 Å². The summed E-state index contributed by atoms with van der Waals surface area (Å²) < 4.78 is 13.3. The van der Waals surface area contributed by atoms with Crippen LogP contribution < -0.4 is 4.89 Å². The Morgan fingerprint density at radius 1 is 1.00 bits per heavy atom. The summed E-state index contributed by atoms with van der Waals surface area (Å²) in [6.07, 6.45) is -0.154. The van der Waals surface area contributed by atoms with E-state index in [2.05, 4.69) is 40.7 Å². The van der Waals surface area contributed by atoms with E-state index in [-0.39, 0.29) is 10.5 Å². The predicted molar refractivity (Wildman–Crippen MR) is 128 cm³/mol. The standard InChI is InChI=1S/C24H31NO4SSi/c1-23(2,3)24(4,5)31-27-17-20(26)16-19-15-18-11-9-10-14-22(18)25(19)30-29-28-21-12-7-6-8-13-21/h6-15,20,26H,16-17H2,1-5H3. The highest BCUT2D eigenvalue weighted by Gasteiger charge is 2.34. The van der Waals surface area contributed by atoms with Crippen LogP contribution in [0.2, 0.25) is 5.04 Å². The first-order valence-corrected chi connectivity index (χ1v) is 12.0. The first kappa shape index (κ1) is 23.9. The highest BCUT2D eigenvalue weighted by molar-refractivity contribution is 7.93. The van der Waals surface area contributed by atoms with Crippen LogP contribution in [0, 0.1) is 5.41 Å². The first-order valence-electron chi connectivity index (χ1n) is 10.4. The lowest BCUT2D eigenvalue weighted by atomic mass is 9.82. The summed E-state index contributed by atoms with van der Waals surface area (Å²) in [5.74, 6) is 0.629. The normalized spacial score (nSPS) is 13.5. The Hall–Kier alpha value is -1.77. The second-order valence-electron chi connectivity index (χ2n) is 9.17. The van der Waals surface area contributed by atoms with Crippen LogP contribution in [0.25, 0.3) is 10.9 Å². The molecule has 0 saturated carbocycles. The van der Waals surface area contributed by atoms with Gasteiger partial charge in [0, 0.05) is 17.5 Å². The Kier molecular flexibility index (Phi) is 7.88. The zero-order chi connectivity index (χ0) is 22.5. The Labute approximate surface area is 191 Å². The van der Waals surface area contributed by atoms with Crippen LogP contribution in [0.5, 0.6) is 5.75 Å². The van der Waals surface area contributed by atoms with E-state index < -0.39 is 6.10 Å². The van der Waals surface area contributed by atoms with Gasteiger partial charge in [-0.15, -0.1) is 0 Å². The summed E-state index contributed by atoms with van der Waals surface area (Å²) >= 11 is 1.10. The van der Waals surface area contributed by atoms with E-state index in [1.807, 2.05) is 58.6 Å². The topological polar surface area (TPSA) is 52.9 Å². The number of benzene rings is 2. The van der Waals surface area contributed by atoms with Crippen LogP contribution in [0.4, 0.5) is 0 Å². The van der Waals surface area contributed by atoms with E-state index in [1.54, 1.807) is 0 Å². The quantitative estimate of drug-likeness (QED) is 0.179. The van der Waals surface area contributed by atoms with Crippen LogP contribution in [-0.2, 0) is 15.2 Å². The van der Waals surface area contributed by atoms with Crippen molar-refractivity contribution < 1.29 is 18.8 Å². The van der Waals surface area contributed by atoms with Gasteiger partial charge in [0.25, 0.3) is 0 Å². The van der Waals surface area contributed by atoms with Crippen molar-refractivity contribution in [1.82, 2.24) is 3.97 Å². The van der Waals surface area contributed by atoms with Gasteiger partial charge in [-0.2, -0.15) is 0 Å². The molecular formula is C24H31NO4SSi. The number of aliphatic hydroxyl groups excluding tert-OH is 1. The molecule has 1 N–H and O–H groups in total. The lowest BCUT2D eigenvalue weighted by Gasteiger charge is -2.37. The van der Waals surface area contributed by atoms with Gasteiger partial charge < -0.3 is 14.4 Å². The highest BCUT2D eigenvalue weighted by atomic mass is 32.2. The molecule has 0 aliphatic heterocycles. The molecule has 3 rings (SSSR count). The fraction of sp³-hybridized carbons (Fsp3) is 0.417. The van der Waals surface area contributed by atoms with Gasteiger partial charge in [-0.3, -0.25) is 3.97 Å². The Balaban J connectivity index is 1.63. The average Bonchev–Trinajstić information content (AvgIpc) is 3.05. The summed E-state index contributed by atoms with van der Waals surface area (Å²) in [6.45, 7) is 11.4. The summed E-state index contributed by atoms with van der Waals surface area (Å²) in [4.78, 5) is 5.38. The molecule has 31 heavy (non-hydrogen) atoms. The van der Waals surface area contributed by atoms with Crippen LogP contribution >= 0.6 is 12.2 Å². The molecule has 0 bridgehead atoms. The van der Waals surface area contributed by atoms with E-state index in [1.165, 1.54) is 0 Å². The van der Waals surface area contributed by atoms with Crippen molar-refractivity contribution in [2.75, 3.05) is 6.61 Å². The Morgan fingerprint density at radius 3 is 2.39 bits per heavy atom. The molecular weight excluding hydrogens is 426 g/mol. The third-order valence-electron chi connectivity index (χ3n) is 5.64. The minimum Gasteiger partial charge on any atom is -0.414 e. The molecule has 0 saturated heterocycles. The predicted octanol–water partition coefficient (Wildman–Crippen LogP) is 5.85. The van der Waals surface area contributed by atoms with Gasteiger partial charge in [-0.1, -0.05) is 75.4 Å². The van der Waals surface area contributed by atoms with Crippen molar-refractivity contribution in [1.29, 1.82) is 0 Å².